The average molecular weight is 594 g/mol. The van der Waals surface area contributed by atoms with E-state index in [2.05, 4.69) is 55.4 Å². The molecular weight excluding hydrogens is 554 g/mol. The Labute approximate surface area is 258 Å². The third kappa shape index (κ3) is 7.49. The summed E-state index contributed by atoms with van der Waals surface area (Å²) in [7, 11) is 0. The number of piperazine rings is 1. The molecule has 2 fully saturated rings. The average Bonchev–Trinajstić information content (AvgIpc) is 3.08. The fourth-order valence-corrected chi connectivity index (χ4v) is 5.86. The largest absolute Gasteiger partial charge is 0.392 e. The van der Waals surface area contributed by atoms with Gasteiger partial charge in [-0.05, 0) is 46.0 Å². The van der Waals surface area contributed by atoms with Gasteiger partial charge in [-0.1, -0.05) is 60.7 Å². The molecule has 2 aliphatic heterocycles. The van der Waals surface area contributed by atoms with Crippen LogP contribution in [0.25, 0.3) is 11.1 Å². The summed E-state index contributed by atoms with van der Waals surface area (Å²) in [6, 6.07) is 26.4. The van der Waals surface area contributed by atoms with Crippen LogP contribution in [-0.4, -0.2) is 64.7 Å². The molecule has 9 nitrogen and oxygen atoms in total. The molecule has 0 saturated carbocycles. The number of carbonyl (C=O) groups is 1. The standard InChI is InChI=1S/C35H39N5O4/c1-25(42)38-22-27-5-2-6-29(19-27)30-7-3-8-31(20-30)34-43-32(21-33(44-34)28-11-9-26(24-41)10-12-28)23-39-15-17-40(18-16-39)35-36-13-4-14-37-35/h2-14,19-20,32-34,41H,15-18,21-24H2,1H3,(H,38,42)/t32-,33+,34+/m1/s1. The quantitative estimate of drug-likeness (QED) is 0.290. The molecule has 0 aliphatic carbocycles. The van der Waals surface area contributed by atoms with Crippen molar-refractivity contribution in [3.63, 3.8) is 0 Å². The van der Waals surface area contributed by atoms with Crippen LogP contribution in [0.15, 0.2) is 91.3 Å². The molecule has 228 valence electrons. The van der Waals surface area contributed by atoms with Crippen molar-refractivity contribution in [1.82, 2.24) is 20.2 Å². The van der Waals surface area contributed by atoms with Crippen LogP contribution in [0, 0.1) is 0 Å². The van der Waals surface area contributed by atoms with Gasteiger partial charge in [0.15, 0.2) is 6.29 Å². The first-order chi connectivity index (χ1) is 21.5. The topological polar surface area (TPSA) is 100 Å². The van der Waals surface area contributed by atoms with Gasteiger partial charge in [0.2, 0.25) is 11.9 Å². The first kappa shape index (κ1) is 29.9. The van der Waals surface area contributed by atoms with Crippen LogP contribution in [-0.2, 0) is 27.4 Å². The molecule has 0 bridgehead atoms. The normalized spacial score (nSPS) is 20.8. The summed E-state index contributed by atoms with van der Waals surface area (Å²) >= 11 is 0. The number of hydrogen-bond donors (Lipinski definition) is 2. The summed E-state index contributed by atoms with van der Waals surface area (Å²) < 4.78 is 13.3. The summed E-state index contributed by atoms with van der Waals surface area (Å²) in [6.45, 7) is 6.38. The second kappa shape index (κ2) is 14.1. The molecule has 4 aromatic rings. The lowest BCUT2D eigenvalue weighted by atomic mass is 9.98. The highest BCUT2D eigenvalue weighted by Crippen LogP contribution is 2.39. The summed E-state index contributed by atoms with van der Waals surface area (Å²) in [4.78, 5) is 24.9. The Bertz CT molecular complexity index is 1530. The molecule has 9 heteroatoms. The molecule has 3 heterocycles. The number of benzene rings is 3. The maximum atomic E-state index is 11.4. The van der Waals surface area contributed by atoms with Gasteiger partial charge in [0.05, 0.1) is 18.8 Å². The lowest BCUT2D eigenvalue weighted by Crippen LogP contribution is -2.50. The Morgan fingerprint density at radius 3 is 2.32 bits per heavy atom. The number of ether oxygens (including phenoxy) is 2. The smallest absolute Gasteiger partial charge is 0.225 e. The fourth-order valence-electron chi connectivity index (χ4n) is 5.86. The third-order valence-corrected chi connectivity index (χ3v) is 8.24. The van der Waals surface area contributed by atoms with E-state index in [-0.39, 0.29) is 24.7 Å². The van der Waals surface area contributed by atoms with Gasteiger partial charge >= 0.3 is 0 Å². The molecule has 2 aliphatic rings. The van der Waals surface area contributed by atoms with Gasteiger partial charge in [0.1, 0.15) is 0 Å². The zero-order valence-corrected chi connectivity index (χ0v) is 25.0. The number of rotatable bonds is 9. The molecule has 1 aromatic heterocycles. The number of amides is 1. The highest BCUT2D eigenvalue weighted by Gasteiger charge is 2.34. The number of nitrogens with zero attached hydrogens (tertiary/aromatic N) is 4. The molecule has 3 atom stereocenters. The predicted octanol–water partition coefficient (Wildman–Crippen LogP) is 4.64. The number of aromatic nitrogens is 2. The highest BCUT2D eigenvalue weighted by molar-refractivity contribution is 5.73. The predicted molar refractivity (Wildman–Crippen MR) is 169 cm³/mol. The minimum absolute atomic E-state index is 0.0129. The van der Waals surface area contributed by atoms with E-state index in [0.29, 0.717) is 6.54 Å². The Kier molecular flexibility index (Phi) is 9.58. The molecule has 44 heavy (non-hydrogen) atoms. The van der Waals surface area contributed by atoms with Crippen molar-refractivity contribution in [2.75, 3.05) is 37.6 Å². The van der Waals surface area contributed by atoms with Crippen LogP contribution in [0.1, 0.15) is 48.0 Å². The zero-order valence-electron chi connectivity index (χ0n) is 25.0. The maximum Gasteiger partial charge on any atom is 0.225 e. The molecule has 2 N–H and O–H groups in total. The zero-order chi connectivity index (χ0) is 30.3. The molecule has 3 aromatic carbocycles. The Hall–Kier alpha value is -4.15. The van der Waals surface area contributed by atoms with E-state index in [4.69, 9.17) is 9.47 Å². The van der Waals surface area contributed by atoms with Gasteiger partial charge in [-0.15, -0.1) is 0 Å². The van der Waals surface area contributed by atoms with Crippen LogP contribution in [0.2, 0.25) is 0 Å². The van der Waals surface area contributed by atoms with E-state index in [1.54, 1.807) is 12.4 Å². The minimum atomic E-state index is -0.530. The van der Waals surface area contributed by atoms with E-state index in [0.717, 1.165) is 78.5 Å². The van der Waals surface area contributed by atoms with Crippen LogP contribution >= 0.6 is 0 Å². The number of hydrogen-bond acceptors (Lipinski definition) is 8. The molecule has 0 unspecified atom stereocenters. The second-order valence-electron chi connectivity index (χ2n) is 11.4. The van der Waals surface area contributed by atoms with Gasteiger partial charge in [-0.2, -0.15) is 0 Å². The van der Waals surface area contributed by atoms with Gasteiger partial charge in [0.25, 0.3) is 0 Å². The number of carbonyl (C=O) groups excluding carboxylic acids is 1. The van der Waals surface area contributed by atoms with Gasteiger partial charge in [-0.3, -0.25) is 9.69 Å². The van der Waals surface area contributed by atoms with Gasteiger partial charge < -0.3 is 24.8 Å². The van der Waals surface area contributed by atoms with Crippen LogP contribution in [0.4, 0.5) is 5.95 Å². The summed E-state index contributed by atoms with van der Waals surface area (Å²) in [5.74, 6) is 0.729. The second-order valence-corrected chi connectivity index (χ2v) is 11.4. The molecule has 6 rings (SSSR count). The maximum absolute atomic E-state index is 11.4. The molecule has 0 spiro atoms. The lowest BCUT2D eigenvalue weighted by Gasteiger charge is -2.40. The lowest BCUT2D eigenvalue weighted by molar-refractivity contribution is -0.253. The molecule has 1 amide bonds. The van der Waals surface area contributed by atoms with Crippen molar-refractivity contribution in [2.24, 2.45) is 0 Å². The van der Waals surface area contributed by atoms with E-state index in [1.165, 1.54) is 6.92 Å². The Balaban J connectivity index is 1.19. The van der Waals surface area contributed by atoms with Crippen molar-refractivity contribution < 1.29 is 19.4 Å². The SMILES string of the molecule is CC(=O)NCc1cccc(-c2cccc([C@H]3O[C@@H](CN4CCN(c5ncccn5)CC4)C[C@@H](c4ccc(CO)cc4)O3)c2)c1. The minimum Gasteiger partial charge on any atom is -0.392 e. The van der Waals surface area contributed by atoms with E-state index in [1.807, 2.05) is 48.5 Å². The number of anilines is 1. The monoisotopic (exact) mass is 593 g/mol. The summed E-state index contributed by atoms with van der Waals surface area (Å²) in [5, 5.41) is 12.4. The first-order valence-electron chi connectivity index (χ1n) is 15.2. The summed E-state index contributed by atoms with van der Waals surface area (Å²) in [5.41, 5.74) is 6.08. The Morgan fingerprint density at radius 2 is 1.59 bits per heavy atom. The first-order valence-corrected chi connectivity index (χ1v) is 15.2. The van der Waals surface area contributed by atoms with Crippen molar-refractivity contribution in [1.29, 1.82) is 0 Å². The van der Waals surface area contributed by atoms with E-state index in [9.17, 15) is 9.90 Å². The number of aliphatic hydroxyl groups is 1. The van der Waals surface area contributed by atoms with Crippen LogP contribution < -0.4 is 10.2 Å². The molecular formula is C35H39N5O4. The number of nitrogens with one attached hydrogen (secondary N) is 1. The molecule has 2 saturated heterocycles. The van der Waals surface area contributed by atoms with Crippen LogP contribution in [0.5, 0.6) is 0 Å². The third-order valence-electron chi connectivity index (χ3n) is 8.24. The van der Waals surface area contributed by atoms with E-state index < -0.39 is 6.29 Å². The molecule has 0 radical (unpaired) electrons. The van der Waals surface area contributed by atoms with Gasteiger partial charge in [0, 0.05) is 70.6 Å². The van der Waals surface area contributed by atoms with Crippen molar-refractivity contribution in [2.45, 2.75) is 45.0 Å². The van der Waals surface area contributed by atoms with Crippen molar-refractivity contribution in [3.8, 4) is 11.1 Å². The van der Waals surface area contributed by atoms with E-state index >= 15 is 0 Å². The van der Waals surface area contributed by atoms with Gasteiger partial charge in [-0.25, -0.2) is 9.97 Å². The van der Waals surface area contributed by atoms with Crippen molar-refractivity contribution in [3.05, 3.63) is 114 Å². The highest BCUT2D eigenvalue weighted by atomic mass is 16.7. The Morgan fingerprint density at radius 1 is 0.864 bits per heavy atom. The number of aliphatic hydroxyl groups excluding tert-OH is 1. The van der Waals surface area contributed by atoms with Crippen molar-refractivity contribution >= 4 is 11.9 Å². The summed E-state index contributed by atoms with van der Waals surface area (Å²) in [6.07, 6.45) is 3.61. The fraction of sp³-hybridized carbons (Fsp3) is 0.343. The van der Waals surface area contributed by atoms with Crippen LogP contribution in [0.3, 0.4) is 0 Å².